The number of rotatable bonds is 8. The Morgan fingerprint density at radius 3 is 2.50 bits per heavy atom. The van der Waals surface area contributed by atoms with Gasteiger partial charge in [0.15, 0.2) is 0 Å². The normalized spacial score (nSPS) is 22.9. The maximum atomic E-state index is 12.1. The van der Waals surface area contributed by atoms with Crippen LogP contribution in [0.1, 0.15) is 31.7 Å². The Morgan fingerprint density at radius 1 is 1.32 bits per heavy atom. The van der Waals surface area contributed by atoms with Gasteiger partial charge < -0.3 is 9.84 Å². The van der Waals surface area contributed by atoms with Crippen LogP contribution in [0.5, 0.6) is 5.75 Å². The van der Waals surface area contributed by atoms with Crippen LogP contribution in [0.15, 0.2) is 24.3 Å². The molecule has 2 rings (SSSR count). The molecule has 0 aliphatic heterocycles. The van der Waals surface area contributed by atoms with Crippen molar-refractivity contribution in [3.05, 3.63) is 29.8 Å². The Morgan fingerprint density at radius 2 is 1.95 bits per heavy atom. The summed E-state index contributed by atoms with van der Waals surface area (Å²) in [4.78, 5) is 0. The van der Waals surface area contributed by atoms with Gasteiger partial charge in [-0.25, -0.2) is 13.1 Å². The van der Waals surface area contributed by atoms with Crippen molar-refractivity contribution < 1.29 is 18.3 Å². The van der Waals surface area contributed by atoms with Gasteiger partial charge in [-0.2, -0.15) is 0 Å². The van der Waals surface area contributed by atoms with E-state index in [-0.39, 0.29) is 30.4 Å². The largest absolute Gasteiger partial charge is 0.492 e. The lowest BCUT2D eigenvalue weighted by Gasteiger charge is -2.37. The fraction of sp³-hybridized carbons (Fsp3) is 0.625. The molecule has 1 saturated carbocycles. The van der Waals surface area contributed by atoms with Crippen LogP contribution in [0.2, 0.25) is 0 Å². The van der Waals surface area contributed by atoms with Crippen molar-refractivity contribution in [2.24, 2.45) is 5.92 Å². The van der Waals surface area contributed by atoms with E-state index in [4.69, 9.17) is 4.74 Å². The molecule has 1 aliphatic rings. The van der Waals surface area contributed by atoms with Crippen LogP contribution in [0, 0.1) is 12.8 Å². The first-order valence-corrected chi connectivity index (χ1v) is 9.42. The highest BCUT2D eigenvalue weighted by atomic mass is 32.2. The van der Waals surface area contributed by atoms with Crippen molar-refractivity contribution in [1.82, 2.24) is 4.72 Å². The lowest BCUT2D eigenvalue weighted by molar-refractivity contribution is 0.0277. The molecule has 1 unspecified atom stereocenters. The summed E-state index contributed by atoms with van der Waals surface area (Å²) in [5.41, 5.74) is 1.13. The summed E-state index contributed by atoms with van der Waals surface area (Å²) >= 11 is 0. The zero-order valence-corrected chi connectivity index (χ0v) is 14.0. The number of hydrogen-bond acceptors (Lipinski definition) is 4. The molecule has 0 saturated heterocycles. The quantitative estimate of drug-likeness (QED) is 0.764. The maximum Gasteiger partial charge on any atom is 0.215 e. The van der Waals surface area contributed by atoms with Crippen molar-refractivity contribution in [3.8, 4) is 5.75 Å². The summed E-state index contributed by atoms with van der Waals surface area (Å²) in [5, 5.41) is 9.35. The first-order chi connectivity index (χ1) is 10.4. The SMILES string of the molecule is CCC(NS(=O)(=O)CCOc1ccc(C)cc1)C1CC(O)C1. The average molecular weight is 327 g/mol. The van der Waals surface area contributed by atoms with Gasteiger partial charge in [0.25, 0.3) is 0 Å². The number of aliphatic hydroxyl groups excluding tert-OH is 1. The minimum Gasteiger partial charge on any atom is -0.492 e. The zero-order chi connectivity index (χ0) is 16.2. The Kier molecular flexibility index (Phi) is 5.83. The second kappa shape index (κ2) is 7.44. The third-order valence-electron chi connectivity index (χ3n) is 4.13. The van der Waals surface area contributed by atoms with Gasteiger partial charge in [0.05, 0.1) is 11.9 Å². The first-order valence-electron chi connectivity index (χ1n) is 7.77. The van der Waals surface area contributed by atoms with E-state index in [9.17, 15) is 13.5 Å². The Hall–Kier alpha value is -1.11. The molecule has 0 amide bonds. The Labute approximate surface area is 132 Å². The third-order valence-corrected chi connectivity index (χ3v) is 5.50. The summed E-state index contributed by atoms with van der Waals surface area (Å²) in [5.74, 6) is 0.856. The monoisotopic (exact) mass is 327 g/mol. The van der Waals surface area contributed by atoms with Crippen LogP contribution >= 0.6 is 0 Å². The molecule has 124 valence electrons. The fourth-order valence-corrected chi connectivity index (χ4v) is 3.91. The molecule has 0 radical (unpaired) electrons. The van der Waals surface area contributed by atoms with Crippen LogP contribution < -0.4 is 9.46 Å². The van der Waals surface area contributed by atoms with Crippen LogP contribution in [0.25, 0.3) is 0 Å². The number of hydrogen-bond donors (Lipinski definition) is 2. The summed E-state index contributed by atoms with van der Waals surface area (Å²) < 4.78 is 32.4. The third kappa shape index (κ3) is 4.97. The van der Waals surface area contributed by atoms with Crippen molar-refractivity contribution in [1.29, 1.82) is 0 Å². The van der Waals surface area contributed by atoms with Gasteiger partial charge in [0, 0.05) is 6.04 Å². The predicted octanol–water partition coefficient (Wildman–Crippen LogP) is 1.84. The molecule has 2 N–H and O–H groups in total. The van der Waals surface area contributed by atoms with Crippen molar-refractivity contribution in [2.75, 3.05) is 12.4 Å². The topological polar surface area (TPSA) is 75.6 Å². The van der Waals surface area contributed by atoms with E-state index in [1.54, 1.807) is 0 Å². The minimum atomic E-state index is -3.37. The van der Waals surface area contributed by atoms with Crippen LogP contribution in [-0.2, 0) is 10.0 Å². The number of nitrogens with one attached hydrogen (secondary N) is 1. The molecule has 1 aliphatic carbocycles. The van der Waals surface area contributed by atoms with Crippen LogP contribution in [-0.4, -0.2) is 38.0 Å². The second-order valence-electron chi connectivity index (χ2n) is 6.00. The first kappa shape index (κ1) is 17.2. The second-order valence-corrected chi connectivity index (χ2v) is 7.87. The molecule has 22 heavy (non-hydrogen) atoms. The van der Waals surface area contributed by atoms with Gasteiger partial charge in [-0.1, -0.05) is 24.6 Å². The van der Waals surface area contributed by atoms with E-state index in [2.05, 4.69) is 4.72 Å². The van der Waals surface area contributed by atoms with Crippen molar-refractivity contribution in [2.45, 2.75) is 45.3 Å². The van der Waals surface area contributed by atoms with Gasteiger partial charge in [-0.15, -0.1) is 0 Å². The summed E-state index contributed by atoms with van der Waals surface area (Å²) in [6.07, 6.45) is 1.82. The summed E-state index contributed by atoms with van der Waals surface area (Å²) in [6, 6.07) is 7.43. The molecule has 1 atom stereocenters. The highest BCUT2D eigenvalue weighted by Gasteiger charge is 2.34. The highest BCUT2D eigenvalue weighted by molar-refractivity contribution is 7.89. The van der Waals surface area contributed by atoms with E-state index in [1.807, 2.05) is 38.1 Å². The highest BCUT2D eigenvalue weighted by Crippen LogP contribution is 2.31. The van der Waals surface area contributed by atoms with Gasteiger partial charge in [0.1, 0.15) is 12.4 Å². The molecular weight excluding hydrogens is 302 g/mol. The molecule has 6 heteroatoms. The molecular formula is C16H25NO4S. The Balaban J connectivity index is 1.79. The summed E-state index contributed by atoms with van der Waals surface area (Å²) in [7, 11) is -3.37. The molecule has 1 aromatic carbocycles. The number of benzene rings is 1. The lowest BCUT2D eigenvalue weighted by atomic mass is 9.77. The van der Waals surface area contributed by atoms with E-state index in [1.165, 1.54) is 0 Å². The minimum absolute atomic E-state index is 0.0628. The number of ether oxygens (including phenoxy) is 1. The number of aliphatic hydroxyl groups is 1. The smallest absolute Gasteiger partial charge is 0.215 e. The lowest BCUT2D eigenvalue weighted by Crippen LogP contribution is -2.47. The van der Waals surface area contributed by atoms with Crippen molar-refractivity contribution >= 4 is 10.0 Å². The molecule has 1 fully saturated rings. The average Bonchev–Trinajstić information content (AvgIpc) is 2.44. The molecule has 0 spiro atoms. The van der Waals surface area contributed by atoms with Gasteiger partial charge in [0.2, 0.25) is 10.0 Å². The molecule has 0 heterocycles. The zero-order valence-electron chi connectivity index (χ0n) is 13.2. The summed E-state index contributed by atoms with van der Waals surface area (Å²) in [6.45, 7) is 4.07. The van der Waals surface area contributed by atoms with E-state index < -0.39 is 10.0 Å². The van der Waals surface area contributed by atoms with Crippen molar-refractivity contribution in [3.63, 3.8) is 0 Å². The van der Waals surface area contributed by atoms with E-state index >= 15 is 0 Å². The fourth-order valence-electron chi connectivity index (χ4n) is 2.66. The van der Waals surface area contributed by atoms with Gasteiger partial charge >= 0.3 is 0 Å². The Bertz CT molecular complexity index is 564. The van der Waals surface area contributed by atoms with Gasteiger partial charge in [-0.3, -0.25) is 0 Å². The molecule has 0 aromatic heterocycles. The van der Waals surface area contributed by atoms with E-state index in [0.717, 1.165) is 12.0 Å². The van der Waals surface area contributed by atoms with Gasteiger partial charge in [-0.05, 0) is 44.2 Å². The van der Waals surface area contributed by atoms with Crippen LogP contribution in [0.3, 0.4) is 0 Å². The predicted molar refractivity (Wildman–Crippen MR) is 86.4 cm³/mol. The standard InChI is InChI=1S/C16H25NO4S/c1-3-16(13-10-14(18)11-13)17-22(19,20)9-8-21-15-6-4-12(2)5-7-15/h4-7,13-14,16-18H,3,8-11H2,1-2H3. The number of aryl methyl sites for hydroxylation is 1. The van der Waals surface area contributed by atoms with Crippen LogP contribution in [0.4, 0.5) is 0 Å². The molecule has 1 aromatic rings. The van der Waals surface area contributed by atoms with E-state index in [0.29, 0.717) is 18.6 Å². The number of sulfonamides is 1. The molecule has 5 nitrogen and oxygen atoms in total. The maximum absolute atomic E-state index is 12.1. The molecule has 0 bridgehead atoms.